The zero-order valence-electron chi connectivity index (χ0n) is 21.9. The number of ether oxygens (including phenoxy) is 1. The van der Waals surface area contributed by atoms with E-state index in [1.54, 1.807) is 18.3 Å². The van der Waals surface area contributed by atoms with Crippen LogP contribution in [-0.2, 0) is 22.7 Å². The average Bonchev–Trinajstić information content (AvgIpc) is 3.34. The van der Waals surface area contributed by atoms with E-state index in [1.807, 2.05) is 0 Å². The van der Waals surface area contributed by atoms with Crippen LogP contribution in [0.5, 0.6) is 0 Å². The Kier molecular flexibility index (Phi) is 7.70. The van der Waals surface area contributed by atoms with Crippen molar-refractivity contribution in [2.45, 2.75) is 56.7 Å². The van der Waals surface area contributed by atoms with Crippen molar-refractivity contribution < 1.29 is 27.1 Å². The molecular weight excluding hydrogens is 528 g/mol. The number of rotatable bonds is 6. The number of carbonyl (C=O) groups excluding carboxylic acids is 1. The second-order valence-corrected chi connectivity index (χ2v) is 10.3. The molecule has 0 radical (unpaired) electrons. The molecule has 3 aromatic rings. The first-order valence-electron chi connectivity index (χ1n) is 13.1. The van der Waals surface area contributed by atoms with Crippen molar-refractivity contribution in [2.75, 3.05) is 26.3 Å². The summed E-state index contributed by atoms with van der Waals surface area (Å²) < 4.78 is 59.5. The van der Waals surface area contributed by atoms with Gasteiger partial charge < -0.3 is 4.74 Å². The smallest absolute Gasteiger partial charge is 0.379 e. The molecule has 1 aliphatic heterocycles. The quantitative estimate of drug-likeness (QED) is 0.324. The maximum atomic E-state index is 14.4. The number of nitrogens with zero attached hydrogens (tertiary/aromatic N) is 6. The Hall–Kier alpha value is -3.69. The van der Waals surface area contributed by atoms with Gasteiger partial charge in [-0.25, -0.2) is 14.1 Å². The molecule has 12 heteroatoms. The van der Waals surface area contributed by atoms with Crippen LogP contribution in [0, 0.1) is 24.1 Å². The topological polar surface area (TPSA) is 96.9 Å². The lowest BCUT2D eigenvalue weighted by atomic mass is 9.71. The SMILES string of the molecule is Cc1c(C(=O)Cc2ccc(C3(C#N)CCC(N4CCOCC4)CC3)nc2)cnn1-c1ncc(C(F)(F)F)cc1F. The van der Waals surface area contributed by atoms with Crippen LogP contribution in [-0.4, -0.2) is 62.8 Å². The molecule has 0 N–H and O–H groups in total. The van der Waals surface area contributed by atoms with Crippen LogP contribution in [0.2, 0.25) is 0 Å². The zero-order valence-corrected chi connectivity index (χ0v) is 21.9. The highest BCUT2D eigenvalue weighted by atomic mass is 19.4. The van der Waals surface area contributed by atoms with Gasteiger partial charge in [0.05, 0.1) is 53.4 Å². The minimum Gasteiger partial charge on any atom is -0.379 e. The normalized spacial score (nSPS) is 22.1. The monoisotopic (exact) mass is 556 g/mol. The van der Waals surface area contributed by atoms with Gasteiger partial charge in [-0.05, 0) is 50.3 Å². The molecule has 0 spiro atoms. The standard InChI is InChI=1S/C28H28F4N6O2/c1-18-22(16-36-38(18)26-23(29)13-20(15-35-26)28(30,31)32)24(39)12-19-2-3-25(34-14-19)27(17-33)6-4-21(5-7-27)37-8-10-40-11-9-37/h2-3,13-16,21H,4-12H2,1H3. The first-order chi connectivity index (χ1) is 19.1. The number of ketones is 1. The Morgan fingerprint density at radius 2 is 1.88 bits per heavy atom. The molecule has 4 heterocycles. The number of Topliss-reactive ketones (excluding diaryl/α,β-unsaturated/α-hetero) is 1. The van der Waals surface area contributed by atoms with Crippen molar-refractivity contribution in [1.29, 1.82) is 5.26 Å². The zero-order chi connectivity index (χ0) is 28.5. The van der Waals surface area contributed by atoms with Crippen LogP contribution in [0.3, 0.4) is 0 Å². The third kappa shape index (κ3) is 5.48. The first kappa shape index (κ1) is 27.9. The van der Waals surface area contributed by atoms with E-state index >= 15 is 0 Å². The van der Waals surface area contributed by atoms with Gasteiger partial charge in [-0.1, -0.05) is 6.07 Å². The maximum Gasteiger partial charge on any atom is 0.417 e. The fourth-order valence-corrected chi connectivity index (χ4v) is 5.56. The Labute approximate surface area is 228 Å². The molecule has 0 unspecified atom stereocenters. The molecule has 210 valence electrons. The Morgan fingerprint density at radius 1 is 1.15 bits per heavy atom. The number of halogens is 4. The minimum absolute atomic E-state index is 0.0125. The lowest BCUT2D eigenvalue weighted by Gasteiger charge is -2.41. The number of aromatic nitrogens is 4. The third-order valence-corrected chi connectivity index (χ3v) is 7.92. The van der Waals surface area contributed by atoms with Gasteiger partial charge in [0, 0.05) is 37.9 Å². The summed E-state index contributed by atoms with van der Waals surface area (Å²) in [4.78, 5) is 23.6. The van der Waals surface area contributed by atoms with Gasteiger partial charge in [-0.15, -0.1) is 0 Å². The summed E-state index contributed by atoms with van der Waals surface area (Å²) in [5, 5.41) is 14.1. The lowest BCUT2D eigenvalue weighted by Crippen LogP contribution is -2.47. The summed E-state index contributed by atoms with van der Waals surface area (Å²) in [5.41, 5.74) is -0.105. The summed E-state index contributed by atoms with van der Waals surface area (Å²) in [5.74, 6) is -1.95. The highest BCUT2D eigenvalue weighted by molar-refractivity contribution is 5.98. The van der Waals surface area contributed by atoms with Crippen molar-refractivity contribution >= 4 is 5.78 Å². The fourth-order valence-electron chi connectivity index (χ4n) is 5.56. The van der Waals surface area contributed by atoms with Crippen LogP contribution >= 0.6 is 0 Å². The Balaban J connectivity index is 1.26. The van der Waals surface area contributed by atoms with Crippen molar-refractivity contribution in [3.63, 3.8) is 0 Å². The highest BCUT2D eigenvalue weighted by Gasteiger charge is 2.40. The van der Waals surface area contributed by atoms with Crippen molar-refractivity contribution in [3.05, 3.63) is 70.7 Å². The van der Waals surface area contributed by atoms with Crippen LogP contribution < -0.4 is 0 Å². The largest absolute Gasteiger partial charge is 0.417 e. The molecule has 0 amide bonds. The summed E-state index contributed by atoms with van der Waals surface area (Å²) in [6.45, 7) is 4.83. The van der Waals surface area contributed by atoms with Gasteiger partial charge in [0.15, 0.2) is 17.4 Å². The van der Waals surface area contributed by atoms with Gasteiger partial charge in [-0.3, -0.25) is 14.7 Å². The molecule has 2 fully saturated rings. The summed E-state index contributed by atoms with van der Waals surface area (Å²) in [7, 11) is 0. The van der Waals surface area contributed by atoms with Crippen molar-refractivity contribution in [2.24, 2.45) is 0 Å². The first-order valence-corrected chi connectivity index (χ1v) is 13.1. The van der Waals surface area contributed by atoms with E-state index in [1.165, 1.54) is 13.1 Å². The number of nitriles is 1. The van der Waals surface area contributed by atoms with E-state index in [2.05, 4.69) is 26.0 Å². The van der Waals surface area contributed by atoms with Gasteiger partial charge >= 0.3 is 6.18 Å². The molecular formula is C28H28F4N6O2. The highest BCUT2D eigenvalue weighted by Crippen LogP contribution is 2.40. The van der Waals surface area contributed by atoms with Crippen molar-refractivity contribution in [1.82, 2.24) is 24.6 Å². The van der Waals surface area contributed by atoms with E-state index in [9.17, 15) is 27.6 Å². The summed E-state index contributed by atoms with van der Waals surface area (Å²) in [6.07, 6.45) is 1.87. The number of hydrogen-bond acceptors (Lipinski definition) is 7. The number of morpholine rings is 1. The molecule has 5 rings (SSSR count). The average molecular weight is 557 g/mol. The van der Waals surface area contributed by atoms with E-state index in [-0.39, 0.29) is 23.5 Å². The summed E-state index contributed by atoms with van der Waals surface area (Å²) in [6, 6.07) is 6.88. The molecule has 0 bridgehead atoms. The molecule has 3 aromatic heterocycles. The molecule has 40 heavy (non-hydrogen) atoms. The van der Waals surface area contributed by atoms with Gasteiger partial charge in [-0.2, -0.15) is 23.5 Å². The van der Waals surface area contributed by atoms with Crippen LogP contribution in [0.25, 0.3) is 5.82 Å². The second kappa shape index (κ2) is 11.1. The molecule has 0 aromatic carbocycles. The predicted molar refractivity (Wildman–Crippen MR) is 135 cm³/mol. The van der Waals surface area contributed by atoms with Crippen molar-refractivity contribution in [3.8, 4) is 11.9 Å². The van der Waals surface area contributed by atoms with Crippen LogP contribution in [0.4, 0.5) is 17.6 Å². The van der Waals surface area contributed by atoms with Gasteiger partial charge in [0.1, 0.15) is 0 Å². The fraction of sp³-hybridized carbons (Fsp3) is 0.464. The van der Waals surface area contributed by atoms with Gasteiger partial charge in [0.25, 0.3) is 0 Å². The predicted octanol–water partition coefficient (Wildman–Crippen LogP) is 4.59. The minimum atomic E-state index is -4.73. The van der Waals surface area contributed by atoms with E-state index < -0.39 is 28.8 Å². The molecule has 2 aliphatic rings. The summed E-state index contributed by atoms with van der Waals surface area (Å²) >= 11 is 0. The Bertz CT molecular complexity index is 1420. The van der Waals surface area contributed by atoms with E-state index in [0.29, 0.717) is 42.4 Å². The molecule has 1 aliphatic carbocycles. The number of carbonyl (C=O) groups is 1. The second-order valence-electron chi connectivity index (χ2n) is 10.3. The third-order valence-electron chi connectivity index (χ3n) is 7.92. The lowest BCUT2D eigenvalue weighted by molar-refractivity contribution is -0.138. The van der Waals surface area contributed by atoms with E-state index in [4.69, 9.17) is 4.74 Å². The molecule has 8 nitrogen and oxygen atoms in total. The van der Waals surface area contributed by atoms with E-state index in [0.717, 1.165) is 43.8 Å². The molecule has 1 saturated heterocycles. The number of pyridine rings is 2. The maximum absolute atomic E-state index is 14.4. The Morgan fingerprint density at radius 3 is 2.48 bits per heavy atom. The van der Waals surface area contributed by atoms with Gasteiger partial charge in [0.2, 0.25) is 0 Å². The number of hydrogen-bond donors (Lipinski definition) is 0. The molecule has 0 atom stereocenters. The van der Waals surface area contributed by atoms with Crippen LogP contribution in [0.1, 0.15) is 58.6 Å². The number of alkyl halides is 3. The van der Waals surface area contributed by atoms with Crippen LogP contribution in [0.15, 0.2) is 36.8 Å². The molecule has 1 saturated carbocycles.